The van der Waals surface area contributed by atoms with Gasteiger partial charge in [-0.1, -0.05) is 36.8 Å². The van der Waals surface area contributed by atoms with Gasteiger partial charge in [-0.25, -0.2) is 13.2 Å². The van der Waals surface area contributed by atoms with E-state index in [2.05, 4.69) is 5.32 Å². The first-order valence-corrected chi connectivity index (χ1v) is 12.0. The first-order valence-electron chi connectivity index (χ1n) is 10.5. The monoisotopic (exact) mass is 463 g/mol. The fraction of sp³-hybridized carbons (Fsp3) is 0.200. The lowest BCUT2D eigenvalue weighted by atomic mass is 10.1. The number of amides is 1. The summed E-state index contributed by atoms with van der Waals surface area (Å²) in [6, 6.07) is 16.6. The molecule has 0 aliphatic rings. The normalized spacial score (nSPS) is 11.6. The minimum absolute atomic E-state index is 0.0708. The van der Waals surface area contributed by atoms with Crippen LogP contribution in [-0.2, 0) is 30.4 Å². The van der Waals surface area contributed by atoms with E-state index in [1.807, 2.05) is 26.0 Å². The van der Waals surface area contributed by atoms with Gasteiger partial charge in [0.25, 0.3) is 5.91 Å². The predicted octanol–water partition coefficient (Wildman–Crippen LogP) is 3.83. The molecular formula is C25H25N3O4S. The molecule has 0 saturated carbocycles. The van der Waals surface area contributed by atoms with Gasteiger partial charge in [-0.05, 0) is 55.3 Å². The number of nitrogens with one attached hydrogen (secondary N) is 1. The summed E-state index contributed by atoms with van der Waals surface area (Å²) in [4.78, 5) is 25.5. The Morgan fingerprint density at radius 3 is 2.06 bits per heavy atom. The molecule has 0 spiro atoms. The number of aromatic nitrogens is 2. The predicted molar refractivity (Wildman–Crippen MR) is 129 cm³/mol. The van der Waals surface area contributed by atoms with Crippen LogP contribution in [0, 0.1) is 6.92 Å². The Labute approximate surface area is 192 Å². The number of carbonyl (C=O) groups excluding carboxylic acids is 1. The largest absolute Gasteiger partial charge is 0.328 e. The second-order valence-corrected chi connectivity index (χ2v) is 9.98. The molecule has 0 fully saturated rings. The number of hydrogen-bond donors (Lipinski definition) is 1. The Morgan fingerprint density at radius 1 is 0.909 bits per heavy atom. The zero-order chi connectivity index (χ0) is 23.9. The van der Waals surface area contributed by atoms with Gasteiger partial charge in [0, 0.05) is 19.7 Å². The minimum atomic E-state index is -3.98. The lowest BCUT2D eigenvalue weighted by Gasteiger charge is -2.14. The number of fused-ring (bicyclic) bond motifs is 1. The summed E-state index contributed by atoms with van der Waals surface area (Å²) in [6.07, 6.45) is 0.847. The van der Waals surface area contributed by atoms with E-state index >= 15 is 0 Å². The van der Waals surface area contributed by atoms with Crippen molar-refractivity contribution < 1.29 is 13.2 Å². The molecule has 0 aliphatic heterocycles. The highest BCUT2D eigenvalue weighted by Gasteiger charge is 2.25. The standard InChI is InChI=1S/C25H25N3O4S/c1-5-17-8-10-18(11-9-17)24(29)26-20-14-21-22(28(4)25(30)27(21)3)15-23(20)33(31,32)19-12-6-16(2)7-13-19/h6-15H,5H2,1-4H3,(H,26,29). The molecule has 0 radical (unpaired) electrons. The van der Waals surface area contributed by atoms with Gasteiger partial charge in [-0.2, -0.15) is 0 Å². The number of anilines is 1. The molecule has 1 aromatic heterocycles. The highest BCUT2D eigenvalue weighted by molar-refractivity contribution is 7.91. The minimum Gasteiger partial charge on any atom is -0.321 e. The van der Waals surface area contributed by atoms with Crippen LogP contribution in [0.3, 0.4) is 0 Å². The van der Waals surface area contributed by atoms with E-state index in [1.54, 1.807) is 38.4 Å². The molecule has 0 aliphatic carbocycles. The van der Waals surface area contributed by atoms with E-state index in [4.69, 9.17) is 0 Å². The van der Waals surface area contributed by atoms with Gasteiger partial charge in [0.15, 0.2) is 0 Å². The van der Waals surface area contributed by atoms with Crippen molar-refractivity contribution in [2.75, 3.05) is 5.32 Å². The quantitative estimate of drug-likeness (QED) is 0.487. The Bertz CT molecular complexity index is 1530. The highest BCUT2D eigenvalue weighted by Crippen LogP contribution is 2.32. The Hall–Kier alpha value is -3.65. The summed E-state index contributed by atoms with van der Waals surface area (Å²) in [5.74, 6) is -0.432. The van der Waals surface area contributed by atoms with E-state index in [-0.39, 0.29) is 21.2 Å². The third kappa shape index (κ3) is 3.98. The van der Waals surface area contributed by atoms with Crippen molar-refractivity contribution in [2.24, 2.45) is 14.1 Å². The zero-order valence-corrected chi connectivity index (χ0v) is 19.7. The molecule has 8 heteroatoms. The number of rotatable bonds is 5. The van der Waals surface area contributed by atoms with E-state index < -0.39 is 15.7 Å². The molecule has 0 unspecified atom stereocenters. The van der Waals surface area contributed by atoms with E-state index in [0.29, 0.717) is 16.6 Å². The van der Waals surface area contributed by atoms with Gasteiger partial charge < -0.3 is 5.32 Å². The van der Waals surface area contributed by atoms with Crippen molar-refractivity contribution in [1.29, 1.82) is 0 Å². The molecule has 1 amide bonds. The summed E-state index contributed by atoms with van der Waals surface area (Å²) in [6.45, 7) is 3.90. The van der Waals surface area contributed by atoms with Crippen LogP contribution in [0.4, 0.5) is 5.69 Å². The second kappa shape index (κ2) is 8.37. The van der Waals surface area contributed by atoms with Crippen molar-refractivity contribution in [2.45, 2.75) is 30.1 Å². The zero-order valence-electron chi connectivity index (χ0n) is 18.9. The van der Waals surface area contributed by atoms with Crippen molar-refractivity contribution in [1.82, 2.24) is 9.13 Å². The van der Waals surface area contributed by atoms with Crippen LogP contribution < -0.4 is 11.0 Å². The summed E-state index contributed by atoms with van der Waals surface area (Å²) in [7, 11) is -0.787. The Balaban J connectivity index is 1.89. The fourth-order valence-corrected chi connectivity index (χ4v) is 5.19. The number of carbonyl (C=O) groups is 1. The van der Waals surface area contributed by atoms with Gasteiger partial charge in [0.2, 0.25) is 9.84 Å². The molecule has 0 atom stereocenters. The van der Waals surface area contributed by atoms with Crippen LogP contribution in [0.1, 0.15) is 28.4 Å². The molecule has 4 rings (SSSR count). The number of aryl methyl sites for hydroxylation is 4. The van der Waals surface area contributed by atoms with Gasteiger partial charge in [0.1, 0.15) is 0 Å². The summed E-state index contributed by atoms with van der Waals surface area (Å²) >= 11 is 0. The number of nitrogens with zero attached hydrogens (tertiary/aromatic N) is 2. The molecule has 170 valence electrons. The van der Waals surface area contributed by atoms with Crippen LogP contribution in [0.25, 0.3) is 11.0 Å². The van der Waals surface area contributed by atoms with Crippen LogP contribution in [0.15, 0.2) is 75.2 Å². The Kier molecular flexibility index (Phi) is 5.71. The maximum absolute atomic E-state index is 13.6. The lowest BCUT2D eigenvalue weighted by Crippen LogP contribution is -2.19. The van der Waals surface area contributed by atoms with Crippen LogP contribution in [0.2, 0.25) is 0 Å². The van der Waals surface area contributed by atoms with Gasteiger partial charge >= 0.3 is 5.69 Å². The van der Waals surface area contributed by atoms with E-state index in [1.165, 1.54) is 33.4 Å². The number of sulfone groups is 1. The molecule has 0 saturated heterocycles. The number of hydrogen-bond acceptors (Lipinski definition) is 4. The van der Waals surface area contributed by atoms with Crippen LogP contribution >= 0.6 is 0 Å². The van der Waals surface area contributed by atoms with Crippen LogP contribution in [-0.4, -0.2) is 23.5 Å². The topological polar surface area (TPSA) is 90.2 Å². The molecule has 4 aromatic rings. The third-order valence-corrected chi connectivity index (χ3v) is 7.68. The maximum Gasteiger partial charge on any atom is 0.328 e. The first kappa shape index (κ1) is 22.5. The molecule has 33 heavy (non-hydrogen) atoms. The Morgan fingerprint density at radius 2 is 1.48 bits per heavy atom. The molecule has 7 nitrogen and oxygen atoms in total. The van der Waals surface area contributed by atoms with Gasteiger partial charge in [0.05, 0.1) is 26.5 Å². The lowest BCUT2D eigenvalue weighted by molar-refractivity contribution is 0.102. The number of benzene rings is 3. The number of imidazole rings is 1. The fourth-order valence-electron chi connectivity index (χ4n) is 3.78. The van der Waals surface area contributed by atoms with Gasteiger partial charge in [-0.3, -0.25) is 13.9 Å². The van der Waals surface area contributed by atoms with Crippen molar-refractivity contribution in [3.8, 4) is 0 Å². The SMILES string of the molecule is CCc1ccc(C(=O)Nc2cc3c(cc2S(=O)(=O)c2ccc(C)cc2)n(C)c(=O)n3C)cc1. The second-order valence-electron chi connectivity index (χ2n) is 8.06. The van der Waals surface area contributed by atoms with E-state index in [9.17, 15) is 18.0 Å². The average molecular weight is 464 g/mol. The molecule has 0 bridgehead atoms. The smallest absolute Gasteiger partial charge is 0.321 e. The van der Waals surface area contributed by atoms with Crippen LogP contribution in [0.5, 0.6) is 0 Å². The molecule has 1 N–H and O–H groups in total. The third-order valence-electron chi connectivity index (χ3n) is 5.87. The molecule has 1 heterocycles. The summed E-state index contributed by atoms with van der Waals surface area (Å²) in [5, 5.41) is 2.76. The van der Waals surface area contributed by atoms with Gasteiger partial charge in [-0.15, -0.1) is 0 Å². The first-order chi connectivity index (χ1) is 15.6. The van der Waals surface area contributed by atoms with Crippen molar-refractivity contribution in [3.05, 3.63) is 87.8 Å². The molecule has 3 aromatic carbocycles. The van der Waals surface area contributed by atoms with Crippen molar-refractivity contribution >= 4 is 32.5 Å². The van der Waals surface area contributed by atoms with Crippen molar-refractivity contribution in [3.63, 3.8) is 0 Å². The van der Waals surface area contributed by atoms with E-state index in [0.717, 1.165) is 17.5 Å². The summed E-state index contributed by atoms with van der Waals surface area (Å²) in [5.41, 5.74) is 3.23. The highest BCUT2D eigenvalue weighted by atomic mass is 32.2. The maximum atomic E-state index is 13.6. The summed E-state index contributed by atoms with van der Waals surface area (Å²) < 4.78 is 29.9. The molecular weight excluding hydrogens is 438 g/mol. The average Bonchev–Trinajstić information content (AvgIpc) is 3.02.